The third kappa shape index (κ3) is 4.96. The second-order valence-electron chi connectivity index (χ2n) is 8.45. The first-order valence-corrected chi connectivity index (χ1v) is 9.78. The number of hydrogen-bond acceptors (Lipinski definition) is 2. The highest BCUT2D eigenvalue weighted by Crippen LogP contribution is 2.40. The van der Waals surface area contributed by atoms with E-state index in [0.29, 0.717) is 12.8 Å². The molecule has 138 valence electrons. The van der Waals surface area contributed by atoms with Gasteiger partial charge in [-0.2, -0.15) is 0 Å². The fraction of sp³-hybridized carbons (Fsp3) is 0.609. The van der Waals surface area contributed by atoms with Crippen LogP contribution in [0, 0.1) is 6.92 Å². The van der Waals surface area contributed by atoms with Crippen molar-refractivity contribution in [3.05, 3.63) is 40.2 Å². The van der Waals surface area contributed by atoms with Gasteiger partial charge in [0.2, 0.25) is 0 Å². The fourth-order valence-corrected chi connectivity index (χ4v) is 3.52. The molecule has 0 bridgehead atoms. The molecule has 0 spiro atoms. The van der Waals surface area contributed by atoms with Gasteiger partial charge in [0.15, 0.2) is 5.78 Å². The molecule has 0 N–H and O–H groups in total. The van der Waals surface area contributed by atoms with Gasteiger partial charge < -0.3 is 4.74 Å². The average molecular weight is 343 g/mol. The van der Waals surface area contributed by atoms with Gasteiger partial charge in [-0.15, -0.1) is 0 Å². The van der Waals surface area contributed by atoms with Crippen molar-refractivity contribution in [2.75, 3.05) is 0 Å². The molecule has 1 aliphatic rings. The van der Waals surface area contributed by atoms with Gasteiger partial charge in [0.1, 0.15) is 11.5 Å². The van der Waals surface area contributed by atoms with Crippen molar-refractivity contribution in [1.82, 2.24) is 0 Å². The molecule has 1 aromatic carbocycles. The topological polar surface area (TPSA) is 26.3 Å². The van der Waals surface area contributed by atoms with Crippen molar-refractivity contribution < 1.29 is 9.53 Å². The molecule has 0 atom stereocenters. The molecule has 0 amide bonds. The van der Waals surface area contributed by atoms with Gasteiger partial charge in [0, 0.05) is 24.0 Å². The lowest BCUT2D eigenvalue weighted by atomic mass is 9.82. The van der Waals surface area contributed by atoms with Gasteiger partial charge in [0.25, 0.3) is 0 Å². The number of ether oxygens (including phenoxy) is 1. The monoisotopic (exact) mass is 342 g/mol. The molecule has 0 radical (unpaired) electrons. The van der Waals surface area contributed by atoms with Crippen LogP contribution in [0.25, 0.3) is 0 Å². The first-order valence-electron chi connectivity index (χ1n) is 9.78. The highest BCUT2D eigenvalue weighted by atomic mass is 16.5. The molecule has 0 fully saturated rings. The van der Waals surface area contributed by atoms with Crippen LogP contribution in [0.1, 0.15) is 89.8 Å². The van der Waals surface area contributed by atoms with Crippen LogP contribution in [0.5, 0.6) is 5.75 Å². The zero-order valence-electron chi connectivity index (χ0n) is 16.9. The number of benzene rings is 1. The lowest BCUT2D eigenvalue weighted by Gasteiger charge is -2.29. The Hall–Kier alpha value is -1.57. The summed E-state index contributed by atoms with van der Waals surface area (Å²) in [5.41, 5.74) is 4.52. The second kappa shape index (κ2) is 8.21. The normalized spacial score (nSPS) is 14.3. The van der Waals surface area contributed by atoms with E-state index in [0.717, 1.165) is 35.5 Å². The largest absolute Gasteiger partial charge is 0.461 e. The lowest BCUT2D eigenvalue weighted by Crippen LogP contribution is -2.20. The minimum atomic E-state index is 0.0250. The summed E-state index contributed by atoms with van der Waals surface area (Å²) in [6.07, 6.45) is 7.22. The van der Waals surface area contributed by atoms with Gasteiger partial charge in [0.05, 0.1) is 0 Å². The maximum absolute atomic E-state index is 12.7. The Morgan fingerprint density at radius 3 is 2.40 bits per heavy atom. The quantitative estimate of drug-likeness (QED) is 0.534. The van der Waals surface area contributed by atoms with E-state index in [1.807, 2.05) is 6.92 Å². The summed E-state index contributed by atoms with van der Waals surface area (Å²) >= 11 is 0. The minimum Gasteiger partial charge on any atom is -0.461 e. The van der Waals surface area contributed by atoms with Gasteiger partial charge in [-0.25, -0.2) is 0 Å². The molecule has 2 heteroatoms. The van der Waals surface area contributed by atoms with Gasteiger partial charge in [-0.1, -0.05) is 71.1 Å². The van der Waals surface area contributed by atoms with Crippen LogP contribution in [-0.2, 0) is 16.6 Å². The molecular formula is C23H34O2. The van der Waals surface area contributed by atoms with Crippen LogP contribution < -0.4 is 4.74 Å². The number of unbranched alkanes of at least 4 members (excludes halogenated alkanes) is 4. The molecular weight excluding hydrogens is 308 g/mol. The number of carbonyl (C=O) groups excluding carboxylic acids is 1. The third-order valence-electron chi connectivity index (χ3n) is 5.01. The summed E-state index contributed by atoms with van der Waals surface area (Å²) in [5.74, 6) is 2.02. The van der Waals surface area contributed by atoms with Crippen molar-refractivity contribution in [3.8, 4) is 5.75 Å². The number of aryl methyl sites for hydroxylation is 1. The highest BCUT2D eigenvalue weighted by Gasteiger charge is 2.28. The molecule has 0 aliphatic carbocycles. The summed E-state index contributed by atoms with van der Waals surface area (Å²) in [6.45, 7) is 12.9. The summed E-state index contributed by atoms with van der Waals surface area (Å²) in [4.78, 5) is 12.7. The first-order chi connectivity index (χ1) is 11.7. The summed E-state index contributed by atoms with van der Waals surface area (Å²) < 4.78 is 6.18. The van der Waals surface area contributed by atoms with E-state index in [4.69, 9.17) is 4.74 Å². The summed E-state index contributed by atoms with van der Waals surface area (Å²) in [5, 5.41) is 0. The van der Waals surface area contributed by atoms with Crippen LogP contribution in [-0.4, -0.2) is 5.78 Å². The van der Waals surface area contributed by atoms with Crippen LogP contribution >= 0.6 is 0 Å². The van der Waals surface area contributed by atoms with E-state index in [1.165, 1.54) is 30.4 Å². The molecule has 1 heterocycles. The molecule has 25 heavy (non-hydrogen) atoms. The molecule has 1 aliphatic heterocycles. The number of hydrogen-bond donors (Lipinski definition) is 0. The third-order valence-corrected chi connectivity index (χ3v) is 5.01. The van der Waals surface area contributed by atoms with E-state index in [2.05, 4.69) is 46.8 Å². The Bertz CT molecular complexity index is 659. The summed E-state index contributed by atoms with van der Waals surface area (Å²) in [7, 11) is 0. The van der Waals surface area contributed by atoms with Crippen molar-refractivity contribution in [3.63, 3.8) is 0 Å². The minimum absolute atomic E-state index is 0.0250. The molecule has 0 aromatic heterocycles. The van der Waals surface area contributed by atoms with Gasteiger partial charge in [-0.05, 0) is 31.2 Å². The Morgan fingerprint density at radius 1 is 1.08 bits per heavy atom. The Labute approximate surface area is 153 Å². The molecule has 2 rings (SSSR count). The van der Waals surface area contributed by atoms with Crippen molar-refractivity contribution in [2.24, 2.45) is 0 Å². The standard InChI is InChI=1S/C23H34O2/c1-7-8-9-10-11-12-21(24)19-15-18-13-16(2)14-20(23(4,5)6)22(18)25-17(19)3/h13-14H,7-12,15H2,1-6H3. The van der Waals surface area contributed by atoms with Gasteiger partial charge >= 0.3 is 0 Å². The second-order valence-corrected chi connectivity index (χ2v) is 8.45. The maximum Gasteiger partial charge on any atom is 0.162 e. The Kier molecular flexibility index (Phi) is 6.48. The number of ketones is 1. The maximum atomic E-state index is 12.7. The van der Waals surface area contributed by atoms with E-state index in [9.17, 15) is 4.79 Å². The van der Waals surface area contributed by atoms with Gasteiger partial charge in [-0.3, -0.25) is 4.79 Å². The number of fused-ring (bicyclic) bond motifs is 1. The van der Waals surface area contributed by atoms with Crippen LogP contribution in [0.3, 0.4) is 0 Å². The lowest BCUT2D eigenvalue weighted by molar-refractivity contribution is -0.116. The van der Waals surface area contributed by atoms with E-state index in [1.54, 1.807) is 0 Å². The fourth-order valence-electron chi connectivity index (χ4n) is 3.52. The zero-order chi connectivity index (χ0) is 18.6. The van der Waals surface area contributed by atoms with E-state index < -0.39 is 0 Å². The molecule has 1 aromatic rings. The number of rotatable bonds is 7. The van der Waals surface area contributed by atoms with Crippen molar-refractivity contribution >= 4 is 5.78 Å². The molecule has 0 unspecified atom stereocenters. The van der Waals surface area contributed by atoms with E-state index >= 15 is 0 Å². The van der Waals surface area contributed by atoms with Crippen LogP contribution in [0.4, 0.5) is 0 Å². The Morgan fingerprint density at radius 2 is 1.76 bits per heavy atom. The smallest absolute Gasteiger partial charge is 0.162 e. The zero-order valence-corrected chi connectivity index (χ0v) is 16.9. The molecule has 0 saturated carbocycles. The number of Topliss-reactive ketones (excluding diaryl/α,β-unsaturated/α-hetero) is 1. The SMILES string of the molecule is CCCCCCCC(=O)C1=C(C)Oc2c(cc(C)cc2C(C)(C)C)C1. The van der Waals surface area contributed by atoms with E-state index in [-0.39, 0.29) is 11.2 Å². The summed E-state index contributed by atoms with van der Waals surface area (Å²) in [6, 6.07) is 4.39. The van der Waals surface area contributed by atoms with Crippen molar-refractivity contribution in [2.45, 2.75) is 91.9 Å². The first kappa shape index (κ1) is 19.8. The highest BCUT2D eigenvalue weighted by molar-refractivity contribution is 5.96. The average Bonchev–Trinajstić information content (AvgIpc) is 2.52. The molecule has 0 saturated heterocycles. The number of allylic oxidation sites excluding steroid dienone is 2. The number of carbonyl (C=O) groups is 1. The van der Waals surface area contributed by atoms with Crippen molar-refractivity contribution in [1.29, 1.82) is 0 Å². The predicted octanol–water partition coefficient (Wildman–Crippen LogP) is 6.43. The predicted molar refractivity (Wildman–Crippen MR) is 105 cm³/mol. The van der Waals surface area contributed by atoms with Crippen LogP contribution in [0.2, 0.25) is 0 Å². The molecule has 2 nitrogen and oxygen atoms in total. The van der Waals surface area contributed by atoms with Crippen LogP contribution in [0.15, 0.2) is 23.5 Å². The Balaban J connectivity index is 2.15.